The first-order valence-corrected chi connectivity index (χ1v) is 7.14. The number of nitrogens with zero attached hydrogens (tertiary/aromatic N) is 1. The number of nitrogens with two attached hydrogens (primary N) is 2. The molecule has 0 fully saturated rings. The highest BCUT2D eigenvalue weighted by molar-refractivity contribution is 5.83. The Kier molecular flexibility index (Phi) is 3.29. The second kappa shape index (κ2) is 5.13. The predicted molar refractivity (Wildman–Crippen MR) is 87.0 cm³/mol. The summed E-state index contributed by atoms with van der Waals surface area (Å²) in [7, 11) is 0. The van der Waals surface area contributed by atoms with Crippen molar-refractivity contribution in [2.75, 3.05) is 11.5 Å². The average molecular weight is 281 g/mol. The molecule has 0 aliphatic heterocycles. The summed E-state index contributed by atoms with van der Waals surface area (Å²) >= 11 is 0. The molecule has 0 aliphatic rings. The molecule has 1 heterocycles. The first-order valence-electron chi connectivity index (χ1n) is 7.14. The molecule has 0 spiro atoms. The maximum absolute atomic E-state index is 6.01. The van der Waals surface area contributed by atoms with Crippen LogP contribution >= 0.6 is 0 Å². The van der Waals surface area contributed by atoms with Gasteiger partial charge in [0, 0.05) is 16.9 Å². The Morgan fingerprint density at radius 1 is 1.10 bits per heavy atom. The Bertz CT molecular complexity index is 805. The maximum Gasteiger partial charge on any atom is 0.227 e. The number of aryl methyl sites for hydroxylation is 2. The molecule has 0 saturated heterocycles. The number of benzene rings is 2. The van der Waals surface area contributed by atoms with E-state index in [9.17, 15) is 0 Å². The van der Waals surface area contributed by atoms with E-state index in [1.54, 1.807) is 0 Å². The van der Waals surface area contributed by atoms with E-state index in [0.29, 0.717) is 5.89 Å². The lowest BCUT2D eigenvalue weighted by molar-refractivity contribution is 0.614. The van der Waals surface area contributed by atoms with Crippen molar-refractivity contribution in [3.8, 4) is 11.5 Å². The molecule has 2 aromatic carbocycles. The molecule has 4 heteroatoms. The van der Waals surface area contributed by atoms with Gasteiger partial charge in [-0.2, -0.15) is 0 Å². The molecule has 0 radical (unpaired) electrons. The number of rotatable bonds is 3. The smallest absolute Gasteiger partial charge is 0.227 e. The summed E-state index contributed by atoms with van der Waals surface area (Å²) < 4.78 is 6.01. The van der Waals surface area contributed by atoms with Crippen molar-refractivity contribution in [3.05, 3.63) is 41.5 Å². The van der Waals surface area contributed by atoms with E-state index in [4.69, 9.17) is 15.9 Å². The minimum Gasteiger partial charge on any atom is -0.436 e. The predicted octanol–water partition coefficient (Wildman–Crippen LogP) is 3.92. The minimum absolute atomic E-state index is 0.616. The quantitative estimate of drug-likeness (QED) is 0.713. The van der Waals surface area contributed by atoms with E-state index in [1.807, 2.05) is 37.3 Å². The summed E-state index contributed by atoms with van der Waals surface area (Å²) in [6, 6.07) is 9.55. The van der Waals surface area contributed by atoms with E-state index < -0.39 is 0 Å². The van der Waals surface area contributed by atoms with E-state index in [0.717, 1.165) is 52.0 Å². The van der Waals surface area contributed by atoms with Crippen LogP contribution in [0.5, 0.6) is 0 Å². The maximum atomic E-state index is 6.01. The number of aromatic nitrogens is 1. The van der Waals surface area contributed by atoms with Gasteiger partial charge in [-0.25, -0.2) is 4.98 Å². The number of hydrogen-bond donors (Lipinski definition) is 2. The summed E-state index contributed by atoms with van der Waals surface area (Å²) in [6.45, 7) is 4.14. The standard InChI is InChI=1S/C17H19N3O/c1-3-4-11-8-13(19)9-15-16(11)21-17(20-15)14-6-5-12(18)7-10(14)2/h5-9H,3-4,18-19H2,1-2H3. The summed E-state index contributed by atoms with van der Waals surface area (Å²) in [5.41, 5.74) is 18.0. The van der Waals surface area contributed by atoms with Gasteiger partial charge < -0.3 is 15.9 Å². The molecular weight excluding hydrogens is 262 g/mol. The van der Waals surface area contributed by atoms with Gasteiger partial charge in [-0.15, -0.1) is 0 Å². The monoisotopic (exact) mass is 281 g/mol. The average Bonchev–Trinajstić information content (AvgIpc) is 2.82. The molecule has 21 heavy (non-hydrogen) atoms. The van der Waals surface area contributed by atoms with Crippen LogP contribution in [0.2, 0.25) is 0 Å². The summed E-state index contributed by atoms with van der Waals surface area (Å²) in [4.78, 5) is 4.59. The van der Waals surface area contributed by atoms with E-state index in [2.05, 4.69) is 11.9 Å². The summed E-state index contributed by atoms with van der Waals surface area (Å²) in [5, 5.41) is 0. The van der Waals surface area contributed by atoms with Gasteiger partial charge >= 0.3 is 0 Å². The Balaban J connectivity index is 2.18. The first kappa shape index (κ1) is 13.5. The molecule has 4 N–H and O–H groups in total. The van der Waals surface area contributed by atoms with E-state index in [-0.39, 0.29) is 0 Å². The Hall–Kier alpha value is -2.49. The second-order valence-electron chi connectivity index (χ2n) is 5.37. The molecule has 0 aliphatic carbocycles. The van der Waals surface area contributed by atoms with Crippen LogP contribution in [0, 0.1) is 6.92 Å². The lowest BCUT2D eigenvalue weighted by atomic mass is 10.1. The fourth-order valence-corrected chi connectivity index (χ4v) is 2.62. The minimum atomic E-state index is 0.616. The third kappa shape index (κ3) is 2.44. The number of nitrogen functional groups attached to an aromatic ring is 2. The summed E-state index contributed by atoms with van der Waals surface area (Å²) in [5.74, 6) is 0.616. The van der Waals surface area contributed by atoms with E-state index >= 15 is 0 Å². The van der Waals surface area contributed by atoms with Crippen molar-refractivity contribution in [1.82, 2.24) is 4.98 Å². The van der Waals surface area contributed by atoms with Crippen molar-refractivity contribution in [3.63, 3.8) is 0 Å². The van der Waals surface area contributed by atoms with Crippen LogP contribution < -0.4 is 11.5 Å². The topological polar surface area (TPSA) is 78.1 Å². The molecule has 0 amide bonds. The van der Waals surface area contributed by atoms with Crippen molar-refractivity contribution in [1.29, 1.82) is 0 Å². The van der Waals surface area contributed by atoms with Gasteiger partial charge in [-0.05, 0) is 54.8 Å². The van der Waals surface area contributed by atoms with Gasteiger partial charge in [0.25, 0.3) is 0 Å². The largest absolute Gasteiger partial charge is 0.436 e. The van der Waals surface area contributed by atoms with E-state index in [1.165, 1.54) is 0 Å². The molecule has 3 rings (SSSR count). The third-order valence-corrected chi connectivity index (χ3v) is 3.59. The van der Waals surface area contributed by atoms with Crippen molar-refractivity contribution >= 4 is 22.5 Å². The Labute approximate surface area is 123 Å². The van der Waals surface area contributed by atoms with Gasteiger partial charge in [0.15, 0.2) is 5.58 Å². The first-order chi connectivity index (χ1) is 10.1. The van der Waals surface area contributed by atoms with Crippen LogP contribution in [0.3, 0.4) is 0 Å². The third-order valence-electron chi connectivity index (χ3n) is 3.59. The van der Waals surface area contributed by atoms with Crippen LogP contribution in [0.1, 0.15) is 24.5 Å². The fourth-order valence-electron chi connectivity index (χ4n) is 2.62. The molecule has 1 aromatic heterocycles. The van der Waals surface area contributed by atoms with Crippen LogP contribution in [0.4, 0.5) is 11.4 Å². The van der Waals surface area contributed by atoms with Crippen LogP contribution in [-0.4, -0.2) is 4.98 Å². The van der Waals surface area contributed by atoms with Gasteiger partial charge in [-0.3, -0.25) is 0 Å². The molecule has 0 bridgehead atoms. The Morgan fingerprint density at radius 3 is 2.62 bits per heavy atom. The lowest BCUT2D eigenvalue weighted by Crippen LogP contribution is -1.90. The van der Waals surface area contributed by atoms with Gasteiger partial charge in [-0.1, -0.05) is 13.3 Å². The van der Waals surface area contributed by atoms with Crippen LogP contribution in [0.25, 0.3) is 22.6 Å². The number of hydrogen-bond acceptors (Lipinski definition) is 4. The van der Waals surface area contributed by atoms with Crippen molar-refractivity contribution in [2.45, 2.75) is 26.7 Å². The molecule has 3 aromatic rings. The normalized spacial score (nSPS) is 11.1. The highest BCUT2D eigenvalue weighted by Gasteiger charge is 2.14. The zero-order valence-corrected chi connectivity index (χ0v) is 12.3. The lowest BCUT2D eigenvalue weighted by Gasteiger charge is -2.02. The molecule has 0 atom stereocenters. The zero-order chi connectivity index (χ0) is 15.0. The van der Waals surface area contributed by atoms with Crippen LogP contribution in [-0.2, 0) is 6.42 Å². The number of oxazole rings is 1. The fraction of sp³-hybridized carbons (Fsp3) is 0.235. The molecule has 108 valence electrons. The zero-order valence-electron chi connectivity index (χ0n) is 12.3. The van der Waals surface area contributed by atoms with Gasteiger partial charge in [0.05, 0.1) is 0 Å². The van der Waals surface area contributed by atoms with Gasteiger partial charge in [0.2, 0.25) is 5.89 Å². The molecular formula is C17H19N3O. The Morgan fingerprint density at radius 2 is 1.90 bits per heavy atom. The molecule has 4 nitrogen and oxygen atoms in total. The van der Waals surface area contributed by atoms with Crippen molar-refractivity contribution < 1.29 is 4.42 Å². The summed E-state index contributed by atoms with van der Waals surface area (Å²) in [6.07, 6.45) is 1.96. The number of anilines is 2. The molecule has 0 saturated carbocycles. The number of fused-ring (bicyclic) bond motifs is 1. The second-order valence-corrected chi connectivity index (χ2v) is 5.37. The highest BCUT2D eigenvalue weighted by Crippen LogP contribution is 2.31. The van der Waals surface area contributed by atoms with Gasteiger partial charge in [0.1, 0.15) is 5.52 Å². The SMILES string of the molecule is CCCc1cc(N)cc2nc(-c3ccc(N)cc3C)oc12. The van der Waals surface area contributed by atoms with Crippen molar-refractivity contribution in [2.24, 2.45) is 0 Å². The highest BCUT2D eigenvalue weighted by atomic mass is 16.3. The van der Waals surface area contributed by atoms with Crippen LogP contribution in [0.15, 0.2) is 34.7 Å². The molecule has 0 unspecified atom stereocenters.